The molecule has 1 aromatic heterocycles. The van der Waals surface area contributed by atoms with Crippen LogP contribution in [0, 0.1) is 5.92 Å². The van der Waals surface area contributed by atoms with E-state index < -0.39 is 0 Å². The molecule has 0 saturated carbocycles. The first-order valence-electron chi connectivity index (χ1n) is 7.58. The molecule has 0 aliphatic carbocycles. The van der Waals surface area contributed by atoms with Gasteiger partial charge in [0.15, 0.2) is 0 Å². The zero-order valence-corrected chi connectivity index (χ0v) is 12.6. The minimum atomic E-state index is 0.0432. The van der Waals surface area contributed by atoms with Gasteiger partial charge in [-0.25, -0.2) is 0 Å². The fourth-order valence-corrected chi connectivity index (χ4v) is 3.09. The Morgan fingerprint density at radius 3 is 2.82 bits per heavy atom. The lowest BCUT2D eigenvalue weighted by molar-refractivity contribution is 0.0532. The first-order chi connectivity index (χ1) is 10.7. The lowest BCUT2D eigenvalue weighted by atomic mass is 9.90. The lowest BCUT2D eigenvalue weighted by Gasteiger charge is -2.39. The second kappa shape index (κ2) is 6.27. The third-order valence-corrected chi connectivity index (χ3v) is 4.37. The standard InChI is InChI=1S/C16H20N4O2/c1-11-3-2-8-20(14(11)9-17)16(21)13-6-4-12(5-7-13)15-18-10-22-19-15/h4-7,10-11,14H,2-3,8-9,17H2,1H3/t11-,14-/m1/s1. The van der Waals surface area contributed by atoms with E-state index in [0.29, 0.717) is 23.9 Å². The molecule has 1 fully saturated rings. The van der Waals surface area contributed by atoms with Crippen molar-refractivity contribution in [1.29, 1.82) is 0 Å². The van der Waals surface area contributed by atoms with Crippen LogP contribution in [0.5, 0.6) is 0 Å². The second-order valence-electron chi connectivity index (χ2n) is 5.75. The number of nitrogens with zero attached hydrogens (tertiary/aromatic N) is 3. The SMILES string of the molecule is C[C@@H]1CCCN(C(=O)c2ccc(-c3ncon3)cc2)[C@@H]1CN. The number of benzene rings is 1. The van der Waals surface area contributed by atoms with E-state index in [-0.39, 0.29) is 11.9 Å². The van der Waals surface area contributed by atoms with E-state index in [9.17, 15) is 4.79 Å². The van der Waals surface area contributed by atoms with Gasteiger partial charge in [0, 0.05) is 30.3 Å². The number of carbonyl (C=O) groups is 1. The molecule has 2 N–H and O–H groups in total. The number of piperidine rings is 1. The minimum absolute atomic E-state index is 0.0432. The largest absolute Gasteiger partial charge is 0.342 e. The van der Waals surface area contributed by atoms with E-state index in [4.69, 9.17) is 10.3 Å². The molecule has 6 heteroatoms. The van der Waals surface area contributed by atoms with E-state index in [0.717, 1.165) is 24.9 Å². The Labute approximate surface area is 129 Å². The van der Waals surface area contributed by atoms with E-state index in [1.54, 1.807) is 12.1 Å². The van der Waals surface area contributed by atoms with Crippen LogP contribution in [0.15, 0.2) is 35.2 Å². The Hall–Kier alpha value is -2.21. The van der Waals surface area contributed by atoms with Gasteiger partial charge in [0.25, 0.3) is 5.91 Å². The summed E-state index contributed by atoms with van der Waals surface area (Å²) in [4.78, 5) is 18.6. The van der Waals surface area contributed by atoms with Crippen molar-refractivity contribution in [3.8, 4) is 11.4 Å². The summed E-state index contributed by atoms with van der Waals surface area (Å²) < 4.78 is 4.73. The minimum Gasteiger partial charge on any atom is -0.342 e. The Morgan fingerprint density at radius 1 is 1.41 bits per heavy atom. The number of amides is 1. The number of nitrogens with two attached hydrogens (primary N) is 1. The summed E-state index contributed by atoms with van der Waals surface area (Å²) in [6, 6.07) is 7.41. The van der Waals surface area contributed by atoms with Crippen molar-refractivity contribution in [3.63, 3.8) is 0 Å². The number of aromatic nitrogens is 2. The van der Waals surface area contributed by atoms with Crippen molar-refractivity contribution in [2.24, 2.45) is 11.7 Å². The molecule has 1 aliphatic rings. The first-order valence-corrected chi connectivity index (χ1v) is 7.58. The van der Waals surface area contributed by atoms with Crippen LogP contribution in [0.1, 0.15) is 30.1 Å². The predicted octanol–water partition coefficient (Wildman–Crippen LogP) is 1.94. The van der Waals surface area contributed by atoms with Gasteiger partial charge < -0.3 is 15.2 Å². The second-order valence-corrected chi connectivity index (χ2v) is 5.75. The van der Waals surface area contributed by atoms with Gasteiger partial charge in [-0.2, -0.15) is 4.98 Å². The highest BCUT2D eigenvalue weighted by Gasteiger charge is 2.31. The fourth-order valence-electron chi connectivity index (χ4n) is 3.09. The zero-order chi connectivity index (χ0) is 15.5. The van der Waals surface area contributed by atoms with Crippen LogP contribution in [-0.2, 0) is 0 Å². The van der Waals surface area contributed by atoms with Gasteiger partial charge >= 0.3 is 0 Å². The third kappa shape index (κ3) is 2.74. The van der Waals surface area contributed by atoms with E-state index in [2.05, 4.69) is 17.1 Å². The molecule has 6 nitrogen and oxygen atoms in total. The first kappa shape index (κ1) is 14.7. The molecule has 116 valence electrons. The van der Waals surface area contributed by atoms with E-state index in [1.165, 1.54) is 6.39 Å². The monoisotopic (exact) mass is 300 g/mol. The van der Waals surface area contributed by atoms with Gasteiger partial charge in [0.1, 0.15) is 0 Å². The van der Waals surface area contributed by atoms with Gasteiger partial charge in [0.2, 0.25) is 12.2 Å². The molecule has 2 atom stereocenters. The molecule has 2 aromatic rings. The van der Waals surface area contributed by atoms with E-state index >= 15 is 0 Å². The van der Waals surface area contributed by atoms with E-state index in [1.807, 2.05) is 17.0 Å². The molecule has 0 bridgehead atoms. The fraction of sp³-hybridized carbons (Fsp3) is 0.438. The van der Waals surface area contributed by atoms with Crippen molar-refractivity contribution in [2.45, 2.75) is 25.8 Å². The number of hydrogen-bond acceptors (Lipinski definition) is 5. The summed E-state index contributed by atoms with van der Waals surface area (Å²) in [5, 5.41) is 3.79. The average molecular weight is 300 g/mol. The Balaban J connectivity index is 1.79. The van der Waals surface area contributed by atoms with Gasteiger partial charge in [-0.15, -0.1) is 0 Å². The maximum atomic E-state index is 12.7. The van der Waals surface area contributed by atoms with Crippen molar-refractivity contribution >= 4 is 5.91 Å². The number of likely N-dealkylation sites (tertiary alicyclic amines) is 1. The zero-order valence-electron chi connectivity index (χ0n) is 12.6. The molecule has 22 heavy (non-hydrogen) atoms. The molecule has 1 saturated heterocycles. The summed E-state index contributed by atoms with van der Waals surface area (Å²) in [5.74, 6) is 1.01. The smallest absolute Gasteiger partial charge is 0.254 e. The van der Waals surface area contributed by atoms with Gasteiger partial charge in [-0.3, -0.25) is 4.79 Å². The summed E-state index contributed by atoms with van der Waals surface area (Å²) in [6.45, 7) is 3.45. The van der Waals surface area contributed by atoms with Crippen LogP contribution in [0.3, 0.4) is 0 Å². The molecule has 1 aromatic carbocycles. The number of carbonyl (C=O) groups excluding carboxylic acids is 1. The lowest BCUT2D eigenvalue weighted by Crippen LogP contribution is -2.51. The van der Waals surface area contributed by atoms with Crippen LogP contribution in [0.4, 0.5) is 0 Å². The van der Waals surface area contributed by atoms with Crippen LogP contribution in [0.2, 0.25) is 0 Å². The summed E-state index contributed by atoms with van der Waals surface area (Å²) in [7, 11) is 0. The number of hydrogen-bond donors (Lipinski definition) is 1. The summed E-state index contributed by atoms with van der Waals surface area (Å²) in [5.41, 5.74) is 7.36. The third-order valence-electron chi connectivity index (χ3n) is 4.37. The maximum Gasteiger partial charge on any atom is 0.254 e. The number of rotatable bonds is 3. The molecule has 2 heterocycles. The maximum absolute atomic E-state index is 12.7. The summed E-state index contributed by atoms with van der Waals surface area (Å²) in [6.07, 6.45) is 3.45. The van der Waals surface area contributed by atoms with Crippen molar-refractivity contribution in [3.05, 3.63) is 36.2 Å². The molecule has 1 amide bonds. The summed E-state index contributed by atoms with van der Waals surface area (Å²) >= 11 is 0. The van der Waals surface area contributed by atoms with Crippen LogP contribution in [0.25, 0.3) is 11.4 Å². The molecular formula is C16H20N4O2. The highest BCUT2D eigenvalue weighted by atomic mass is 16.5. The molecular weight excluding hydrogens is 280 g/mol. The van der Waals surface area contributed by atoms with Crippen molar-refractivity contribution in [1.82, 2.24) is 15.0 Å². The predicted molar refractivity (Wildman–Crippen MR) is 82.0 cm³/mol. The quantitative estimate of drug-likeness (QED) is 0.936. The van der Waals surface area contributed by atoms with Crippen LogP contribution >= 0.6 is 0 Å². The molecule has 0 radical (unpaired) electrons. The molecule has 1 aliphatic heterocycles. The Morgan fingerprint density at radius 2 is 2.18 bits per heavy atom. The van der Waals surface area contributed by atoms with Gasteiger partial charge in [-0.05, 0) is 30.9 Å². The Kier molecular flexibility index (Phi) is 4.20. The van der Waals surface area contributed by atoms with Gasteiger partial charge in [-0.1, -0.05) is 24.2 Å². The van der Waals surface area contributed by atoms with Crippen molar-refractivity contribution < 1.29 is 9.32 Å². The molecule has 0 spiro atoms. The van der Waals surface area contributed by atoms with Crippen LogP contribution < -0.4 is 5.73 Å². The van der Waals surface area contributed by atoms with Crippen LogP contribution in [-0.4, -0.2) is 40.1 Å². The van der Waals surface area contributed by atoms with Gasteiger partial charge in [0.05, 0.1) is 0 Å². The highest BCUT2D eigenvalue weighted by Crippen LogP contribution is 2.25. The molecule has 3 rings (SSSR count). The Bertz CT molecular complexity index is 624. The highest BCUT2D eigenvalue weighted by molar-refractivity contribution is 5.95. The topological polar surface area (TPSA) is 85.2 Å². The average Bonchev–Trinajstić information content (AvgIpc) is 3.08. The van der Waals surface area contributed by atoms with Crippen molar-refractivity contribution in [2.75, 3.05) is 13.1 Å². The normalized spacial score (nSPS) is 21.8. The molecule has 0 unspecified atom stereocenters.